The summed E-state index contributed by atoms with van der Waals surface area (Å²) in [6.07, 6.45) is 5.82. The summed E-state index contributed by atoms with van der Waals surface area (Å²) < 4.78 is 13.9. The van der Waals surface area contributed by atoms with E-state index in [9.17, 15) is 4.39 Å². The molecule has 3 aromatic rings. The summed E-state index contributed by atoms with van der Waals surface area (Å²) in [4.78, 5) is 11.9. The van der Waals surface area contributed by atoms with Gasteiger partial charge >= 0.3 is 0 Å². The SMILES string of the molecule is Nc1nnc(-c2ccncc2F)c(-c2cccnc2)n1. The molecule has 0 aliphatic carbocycles. The zero-order valence-corrected chi connectivity index (χ0v) is 10.2. The second kappa shape index (κ2) is 4.96. The van der Waals surface area contributed by atoms with Gasteiger partial charge in [-0.25, -0.2) is 9.37 Å². The minimum absolute atomic E-state index is 0.0158. The Morgan fingerprint density at radius 2 is 1.80 bits per heavy atom. The van der Waals surface area contributed by atoms with Crippen LogP contribution < -0.4 is 5.73 Å². The molecule has 0 atom stereocenters. The van der Waals surface area contributed by atoms with E-state index in [1.54, 1.807) is 24.5 Å². The van der Waals surface area contributed by atoms with Crippen molar-refractivity contribution in [1.29, 1.82) is 0 Å². The average Bonchev–Trinajstić information content (AvgIpc) is 2.49. The molecule has 7 heteroatoms. The number of nitrogen functional groups attached to an aromatic ring is 1. The molecule has 0 saturated carbocycles. The highest BCUT2D eigenvalue weighted by Crippen LogP contribution is 2.29. The van der Waals surface area contributed by atoms with Crippen molar-refractivity contribution < 1.29 is 4.39 Å². The van der Waals surface area contributed by atoms with Crippen LogP contribution in [0.3, 0.4) is 0 Å². The zero-order chi connectivity index (χ0) is 13.9. The highest BCUT2D eigenvalue weighted by Gasteiger charge is 2.15. The molecule has 0 aromatic carbocycles. The number of rotatable bonds is 2. The summed E-state index contributed by atoms with van der Waals surface area (Å²) in [6.45, 7) is 0. The summed E-state index contributed by atoms with van der Waals surface area (Å²) in [5, 5.41) is 7.64. The molecule has 0 amide bonds. The number of hydrogen-bond acceptors (Lipinski definition) is 6. The highest BCUT2D eigenvalue weighted by atomic mass is 19.1. The Hall–Kier alpha value is -2.96. The molecule has 0 saturated heterocycles. The fraction of sp³-hybridized carbons (Fsp3) is 0. The molecule has 3 heterocycles. The van der Waals surface area contributed by atoms with Crippen molar-refractivity contribution in [2.24, 2.45) is 0 Å². The molecule has 0 aliphatic rings. The Morgan fingerprint density at radius 1 is 0.950 bits per heavy atom. The van der Waals surface area contributed by atoms with Crippen LogP contribution in [0.2, 0.25) is 0 Å². The van der Waals surface area contributed by atoms with Crippen molar-refractivity contribution in [2.75, 3.05) is 5.73 Å². The molecule has 98 valence electrons. The van der Waals surface area contributed by atoms with Gasteiger partial charge in [-0.15, -0.1) is 10.2 Å². The molecule has 3 rings (SSSR count). The maximum absolute atomic E-state index is 13.9. The maximum atomic E-state index is 13.9. The highest BCUT2D eigenvalue weighted by molar-refractivity contribution is 5.77. The molecule has 0 radical (unpaired) electrons. The number of hydrogen-bond donors (Lipinski definition) is 1. The minimum Gasteiger partial charge on any atom is -0.366 e. The lowest BCUT2D eigenvalue weighted by molar-refractivity contribution is 0.624. The van der Waals surface area contributed by atoms with Crippen LogP contribution in [0.25, 0.3) is 22.5 Å². The topological polar surface area (TPSA) is 90.5 Å². The normalized spacial score (nSPS) is 10.4. The molecule has 0 aliphatic heterocycles. The molecule has 6 nitrogen and oxygen atoms in total. The minimum atomic E-state index is -0.501. The largest absolute Gasteiger partial charge is 0.366 e. The van der Waals surface area contributed by atoms with E-state index >= 15 is 0 Å². The van der Waals surface area contributed by atoms with E-state index in [-0.39, 0.29) is 11.5 Å². The number of nitrogens with zero attached hydrogens (tertiary/aromatic N) is 5. The van der Waals surface area contributed by atoms with E-state index in [2.05, 4.69) is 25.1 Å². The monoisotopic (exact) mass is 268 g/mol. The van der Waals surface area contributed by atoms with Gasteiger partial charge in [-0.2, -0.15) is 0 Å². The summed E-state index contributed by atoms with van der Waals surface area (Å²) in [5.41, 5.74) is 7.24. The number of aromatic nitrogens is 5. The van der Waals surface area contributed by atoms with Gasteiger partial charge in [-0.1, -0.05) is 0 Å². The molecule has 0 unspecified atom stereocenters. The third-order valence-electron chi connectivity index (χ3n) is 2.67. The van der Waals surface area contributed by atoms with E-state index in [4.69, 9.17) is 5.73 Å². The summed E-state index contributed by atoms with van der Waals surface area (Å²) in [7, 11) is 0. The second-order valence-electron chi connectivity index (χ2n) is 3.96. The molecular weight excluding hydrogens is 259 g/mol. The van der Waals surface area contributed by atoms with E-state index < -0.39 is 5.82 Å². The Balaban J connectivity index is 2.25. The van der Waals surface area contributed by atoms with E-state index in [0.717, 1.165) is 6.20 Å². The molecule has 0 spiro atoms. The average molecular weight is 268 g/mol. The van der Waals surface area contributed by atoms with Gasteiger partial charge in [0.25, 0.3) is 0 Å². The van der Waals surface area contributed by atoms with Crippen LogP contribution in [0.5, 0.6) is 0 Å². The van der Waals surface area contributed by atoms with E-state index in [0.29, 0.717) is 17.0 Å². The summed E-state index contributed by atoms with van der Waals surface area (Å²) in [6, 6.07) is 5.05. The lowest BCUT2D eigenvalue weighted by Crippen LogP contribution is -2.03. The van der Waals surface area contributed by atoms with Gasteiger partial charge in [-0.3, -0.25) is 9.97 Å². The van der Waals surface area contributed by atoms with Gasteiger partial charge in [-0.05, 0) is 18.2 Å². The first-order chi connectivity index (χ1) is 9.75. The first-order valence-electron chi connectivity index (χ1n) is 5.76. The van der Waals surface area contributed by atoms with Crippen molar-refractivity contribution in [3.8, 4) is 22.5 Å². The number of nitrogens with two attached hydrogens (primary N) is 1. The fourth-order valence-electron chi connectivity index (χ4n) is 1.79. The third kappa shape index (κ3) is 2.16. The summed E-state index contributed by atoms with van der Waals surface area (Å²) >= 11 is 0. The number of pyridine rings is 2. The number of anilines is 1. The van der Waals surface area contributed by atoms with Gasteiger partial charge in [0, 0.05) is 29.7 Å². The molecule has 3 aromatic heterocycles. The van der Waals surface area contributed by atoms with Crippen LogP contribution in [0.4, 0.5) is 10.3 Å². The van der Waals surface area contributed by atoms with Crippen molar-refractivity contribution in [3.63, 3.8) is 0 Å². The van der Waals surface area contributed by atoms with Crippen molar-refractivity contribution >= 4 is 5.95 Å². The standard InChI is InChI=1S/C13H9FN6/c14-10-7-17-5-3-9(10)12-11(18-13(15)20-19-12)8-2-1-4-16-6-8/h1-7H,(H2,15,18,20). The second-order valence-corrected chi connectivity index (χ2v) is 3.96. The Bertz CT molecular complexity index is 747. The van der Waals surface area contributed by atoms with Crippen LogP contribution in [0.15, 0.2) is 43.0 Å². The molecule has 0 bridgehead atoms. The lowest BCUT2D eigenvalue weighted by Gasteiger charge is -2.08. The lowest BCUT2D eigenvalue weighted by atomic mass is 10.1. The first-order valence-corrected chi connectivity index (χ1v) is 5.76. The van der Waals surface area contributed by atoms with Crippen LogP contribution in [-0.4, -0.2) is 25.1 Å². The maximum Gasteiger partial charge on any atom is 0.240 e. The third-order valence-corrected chi connectivity index (χ3v) is 2.67. The van der Waals surface area contributed by atoms with Crippen molar-refractivity contribution in [3.05, 3.63) is 48.8 Å². The fourth-order valence-corrected chi connectivity index (χ4v) is 1.79. The first kappa shape index (κ1) is 12.1. The van der Waals surface area contributed by atoms with Gasteiger partial charge in [0.2, 0.25) is 5.95 Å². The Labute approximate surface area is 113 Å². The number of halogens is 1. The van der Waals surface area contributed by atoms with Gasteiger partial charge in [0.1, 0.15) is 11.4 Å². The van der Waals surface area contributed by atoms with E-state index in [1.165, 1.54) is 12.3 Å². The van der Waals surface area contributed by atoms with Crippen molar-refractivity contribution in [2.45, 2.75) is 0 Å². The zero-order valence-electron chi connectivity index (χ0n) is 10.2. The quantitative estimate of drug-likeness (QED) is 0.761. The predicted octanol–water partition coefficient (Wildman–Crippen LogP) is 1.72. The molecule has 0 fully saturated rings. The molecule has 20 heavy (non-hydrogen) atoms. The van der Waals surface area contributed by atoms with Crippen LogP contribution in [0.1, 0.15) is 0 Å². The van der Waals surface area contributed by atoms with Gasteiger partial charge < -0.3 is 5.73 Å². The van der Waals surface area contributed by atoms with Crippen LogP contribution >= 0.6 is 0 Å². The smallest absolute Gasteiger partial charge is 0.240 e. The van der Waals surface area contributed by atoms with E-state index in [1.807, 2.05) is 0 Å². The molecular formula is C13H9FN6. The van der Waals surface area contributed by atoms with Gasteiger partial charge in [0.05, 0.1) is 6.20 Å². The van der Waals surface area contributed by atoms with Crippen LogP contribution in [-0.2, 0) is 0 Å². The van der Waals surface area contributed by atoms with Crippen LogP contribution in [0, 0.1) is 5.82 Å². The van der Waals surface area contributed by atoms with Crippen molar-refractivity contribution in [1.82, 2.24) is 25.1 Å². The Morgan fingerprint density at radius 3 is 2.55 bits per heavy atom. The predicted molar refractivity (Wildman–Crippen MR) is 70.7 cm³/mol. The Kier molecular flexibility index (Phi) is 3.00. The van der Waals surface area contributed by atoms with Gasteiger partial charge in [0.15, 0.2) is 5.82 Å². The molecule has 2 N–H and O–H groups in total. The summed E-state index contributed by atoms with van der Waals surface area (Å²) in [5.74, 6) is -0.486.